The van der Waals surface area contributed by atoms with Crippen LogP contribution in [0.3, 0.4) is 0 Å². The summed E-state index contributed by atoms with van der Waals surface area (Å²) in [7, 11) is 0. The number of rotatable bonds is 4. The molecule has 2 rings (SSSR count). The normalized spacial score (nSPS) is 10.4. The molecule has 2 aromatic rings. The largest absolute Gasteiger partial charge is 0.476 e. The molecular weight excluding hydrogens is 286 g/mol. The van der Waals surface area contributed by atoms with E-state index >= 15 is 0 Å². The number of carboxylic acid groups (broad SMARTS) is 1. The molecule has 0 unspecified atom stereocenters. The van der Waals surface area contributed by atoms with Crippen molar-refractivity contribution in [3.8, 4) is 0 Å². The molecule has 0 saturated heterocycles. The van der Waals surface area contributed by atoms with E-state index in [4.69, 9.17) is 9.52 Å². The van der Waals surface area contributed by atoms with Gasteiger partial charge >= 0.3 is 5.97 Å². The van der Waals surface area contributed by atoms with Gasteiger partial charge in [0, 0.05) is 10.9 Å². The summed E-state index contributed by atoms with van der Waals surface area (Å²) in [6.45, 7) is 0. The molecule has 0 spiro atoms. The van der Waals surface area contributed by atoms with Crippen LogP contribution in [0.2, 0.25) is 0 Å². The van der Waals surface area contributed by atoms with Gasteiger partial charge in [-0.25, -0.2) is 9.78 Å². The van der Waals surface area contributed by atoms with Crippen molar-refractivity contribution in [2.75, 3.05) is 0 Å². The van der Waals surface area contributed by atoms with Gasteiger partial charge in [0.1, 0.15) is 5.76 Å². The molecule has 0 aliphatic rings. The lowest BCUT2D eigenvalue weighted by atomic mass is 10.1. The average molecular weight is 296 g/mol. The molecule has 1 heterocycles. The van der Waals surface area contributed by atoms with Gasteiger partial charge in [-0.3, -0.25) is 0 Å². The van der Waals surface area contributed by atoms with Crippen LogP contribution in [0.15, 0.2) is 39.5 Å². The minimum Gasteiger partial charge on any atom is -0.476 e. The number of hydrogen-bond acceptors (Lipinski definition) is 3. The lowest BCUT2D eigenvalue weighted by molar-refractivity contribution is 0.0689. The zero-order valence-electron chi connectivity index (χ0n) is 8.89. The molecule has 0 atom stereocenters. The number of carboxylic acids is 1. The molecule has 0 saturated carbocycles. The molecule has 4 nitrogen and oxygen atoms in total. The fraction of sp³-hybridized carbons (Fsp3) is 0.167. The first-order valence-corrected chi connectivity index (χ1v) is 5.86. The Hall–Kier alpha value is -1.62. The highest BCUT2D eigenvalue weighted by atomic mass is 79.9. The monoisotopic (exact) mass is 295 g/mol. The van der Waals surface area contributed by atoms with Gasteiger partial charge in [-0.1, -0.05) is 28.1 Å². The fourth-order valence-corrected chi connectivity index (χ4v) is 2.02. The summed E-state index contributed by atoms with van der Waals surface area (Å²) in [5, 5.41) is 8.87. The van der Waals surface area contributed by atoms with Crippen molar-refractivity contribution in [3.05, 3.63) is 52.1 Å². The molecule has 0 bridgehead atoms. The Labute approximate surface area is 106 Å². The fourth-order valence-electron chi connectivity index (χ4n) is 1.57. The van der Waals surface area contributed by atoms with Crippen molar-refractivity contribution >= 4 is 21.9 Å². The number of halogens is 1. The van der Waals surface area contributed by atoms with Crippen LogP contribution >= 0.6 is 15.9 Å². The maximum atomic E-state index is 10.8. The Morgan fingerprint density at radius 1 is 1.41 bits per heavy atom. The number of benzene rings is 1. The molecule has 1 aromatic heterocycles. The molecule has 1 aromatic carbocycles. The Balaban J connectivity index is 2.07. The molecule has 0 aliphatic heterocycles. The zero-order chi connectivity index (χ0) is 12.3. The Morgan fingerprint density at radius 2 is 2.24 bits per heavy atom. The number of aryl methyl sites for hydroxylation is 2. The van der Waals surface area contributed by atoms with Gasteiger partial charge in [0.2, 0.25) is 0 Å². The first-order chi connectivity index (χ1) is 8.16. The number of hydrogen-bond donors (Lipinski definition) is 1. The second-order valence-electron chi connectivity index (χ2n) is 3.56. The predicted molar refractivity (Wildman–Crippen MR) is 65.0 cm³/mol. The van der Waals surface area contributed by atoms with Crippen molar-refractivity contribution in [3.63, 3.8) is 0 Å². The Kier molecular flexibility index (Phi) is 3.58. The van der Waals surface area contributed by atoms with E-state index in [9.17, 15) is 4.79 Å². The van der Waals surface area contributed by atoms with Gasteiger partial charge in [-0.05, 0) is 24.1 Å². The van der Waals surface area contributed by atoms with E-state index < -0.39 is 5.97 Å². The maximum absolute atomic E-state index is 10.8. The zero-order valence-corrected chi connectivity index (χ0v) is 10.5. The van der Waals surface area contributed by atoms with Gasteiger partial charge in [-0.15, -0.1) is 0 Å². The lowest BCUT2D eigenvalue weighted by Crippen LogP contribution is -2.02. The second kappa shape index (κ2) is 5.14. The van der Waals surface area contributed by atoms with Crippen LogP contribution in [-0.4, -0.2) is 16.1 Å². The molecule has 5 heteroatoms. The van der Waals surface area contributed by atoms with E-state index in [1.54, 1.807) is 0 Å². The number of oxazole rings is 1. The Morgan fingerprint density at radius 3 is 2.94 bits per heavy atom. The van der Waals surface area contributed by atoms with E-state index in [0.29, 0.717) is 12.2 Å². The smallest absolute Gasteiger partial charge is 0.358 e. The summed E-state index contributed by atoms with van der Waals surface area (Å²) < 4.78 is 6.08. The van der Waals surface area contributed by atoms with E-state index in [1.165, 1.54) is 6.39 Å². The van der Waals surface area contributed by atoms with Crippen LogP contribution in [-0.2, 0) is 12.8 Å². The standard InChI is InChI=1S/C12H10BrNO3/c13-9-3-1-2-8(6-9)4-5-10-11(12(15)16)14-7-17-10/h1-3,6-7H,4-5H2,(H,15,16). The van der Waals surface area contributed by atoms with E-state index in [2.05, 4.69) is 20.9 Å². The van der Waals surface area contributed by atoms with E-state index in [1.807, 2.05) is 24.3 Å². The molecular formula is C12H10BrNO3. The van der Waals surface area contributed by atoms with Crippen LogP contribution in [0.5, 0.6) is 0 Å². The summed E-state index contributed by atoms with van der Waals surface area (Å²) in [5.41, 5.74) is 1.12. The van der Waals surface area contributed by atoms with Crippen molar-refractivity contribution < 1.29 is 14.3 Å². The van der Waals surface area contributed by atoms with E-state index in [0.717, 1.165) is 16.5 Å². The highest BCUT2D eigenvalue weighted by Gasteiger charge is 2.14. The number of aromatic carboxylic acids is 1. The predicted octanol–water partition coefficient (Wildman–Crippen LogP) is 2.92. The summed E-state index contributed by atoms with van der Waals surface area (Å²) in [6, 6.07) is 7.87. The maximum Gasteiger partial charge on any atom is 0.358 e. The molecule has 17 heavy (non-hydrogen) atoms. The topological polar surface area (TPSA) is 63.3 Å². The van der Waals surface area contributed by atoms with Crippen LogP contribution in [0.1, 0.15) is 21.8 Å². The molecule has 0 fully saturated rings. The summed E-state index contributed by atoms with van der Waals surface area (Å²) in [4.78, 5) is 14.5. The first kappa shape index (κ1) is 11.9. The lowest BCUT2D eigenvalue weighted by Gasteiger charge is -2.00. The van der Waals surface area contributed by atoms with Crippen LogP contribution in [0.25, 0.3) is 0 Å². The summed E-state index contributed by atoms with van der Waals surface area (Å²) in [6.07, 6.45) is 2.41. The quantitative estimate of drug-likeness (QED) is 0.942. The molecule has 0 amide bonds. The number of carbonyl (C=O) groups is 1. The van der Waals surface area contributed by atoms with Crippen molar-refractivity contribution in [1.82, 2.24) is 4.98 Å². The molecule has 0 aliphatic carbocycles. The third-order valence-electron chi connectivity index (χ3n) is 2.37. The third-order valence-corrected chi connectivity index (χ3v) is 2.87. The van der Waals surface area contributed by atoms with E-state index in [-0.39, 0.29) is 5.69 Å². The van der Waals surface area contributed by atoms with Gasteiger partial charge in [0.25, 0.3) is 0 Å². The minimum absolute atomic E-state index is 0.00000295. The molecule has 88 valence electrons. The van der Waals surface area contributed by atoms with Crippen molar-refractivity contribution in [1.29, 1.82) is 0 Å². The van der Waals surface area contributed by atoms with Gasteiger partial charge in [0.05, 0.1) is 0 Å². The highest BCUT2D eigenvalue weighted by molar-refractivity contribution is 9.10. The average Bonchev–Trinajstić information content (AvgIpc) is 2.74. The van der Waals surface area contributed by atoms with Crippen LogP contribution in [0.4, 0.5) is 0 Å². The molecule has 0 radical (unpaired) electrons. The third kappa shape index (κ3) is 2.94. The Bertz CT molecular complexity index is 536. The number of nitrogens with zero attached hydrogens (tertiary/aromatic N) is 1. The first-order valence-electron chi connectivity index (χ1n) is 5.07. The van der Waals surface area contributed by atoms with Gasteiger partial charge < -0.3 is 9.52 Å². The second-order valence-corrected chi connectivity index (χ2v) is 4.47. The van der Waals surface area contributed by atoms with Crippen LogP contribution in [0, 0.1) is 0 Å². The summed E-state index contributed by atoms with van der Waals surface area (Å²) in [5.74, 6) is -0.638. The van der Waals surface area contributed by atoms with Crippen molar-refractivity contribution in [2.24, 2.45) is 0 Å². The molecule has 1 N–H and O–H groups in total. The summed E-state index contributed by atoms with van der Waals surface area (Å²) >= 11 is 3.39. The van der Waals surface area contributed by atoms with Gasteiger partial charge in [-0.2, -0.15) is 0 Å². The SMILES string of the molecule is O=C(O)c1ncoc1CCc1cccc(Br)c1. The van der Waals surface area contributed by atoms with Crippen LogP contribution < -0.4 is 0 Å². The van der Waals surface area contributed by atoms with Gasteiger partial charge in [0.15, 0.2) is 12.1 Å². The number of aromatic nitrogens is 1. The van der Waals surface area contributed by atoms with Crippen molar-refractivity contribution in [2.45, 2.75) is 12.8 Å². The highest BCUT2D eigenvalue weighted by Crippen LogP contribution is 2.15. The minimum atomic E-state index is -1.05.